The molecule has 0 aromatic rings. The van der Waals surface area contributed by atoms with E-state index in [2.05, 4.69) is 33.4 Å². The van der Waals surface area contributed by atoms with Crippen LogP contribution >= 0.6 is 0 Å². The molecule has 1 unspecified atom stereocenters. The quantitative estimate of drug-likeness (QED) is 0.661. The maximum absolute atomic E-state index is 9.72. The van der Waals surface area contributed by atoms with Gasteiger partial charge in [0.25, 0.3) is 0 Å². The molecule has 0 fully saturated rings. The van der Waals surface area contributed by atoms with Crippen molar-refractivity contribution in [2.24, 2.45) is 5.41 Å². The summed E-state index contributed by atoms with van der Waals surface area (Å²) < 4.78 is 0. The molecule has 76 valence electrons. The minimum absolute atomic E-state index is 0.00404. The minimum atomic E-state index is -0.221. The summed E-state index contributed by atoms with van der Waals surface area (Å²) in [6.07, 6.45) is 5.48. The molecule has 0 aliphatic carbocycles. The Hall–Kier alpha value is -0.560. The Bertz CT molecular complexity index is 184. The largest absolute Gasteiger partial charge is 0.393 e. The van der Waals surface area contributed by atoms with Crippen molar-refractivity contribution in [1.29, 1.82) is 0 Å². The van der Waals surface area contributed by atoms with Crippen molar-refractivity contribution in [2.45, 2.75) is 46.6 Å². The third-order valence-electron chi connectivity index (χ3n) is 2.23. The van der Waals surface area contributed by atoms with Gasteiger partial charge in [-0.15, -0.1) is 0 Å². The molecular formula is C12H22O. The second-order valence-electron chi connectivity index (χ2n) is 4.61. The smallest absolute Gasteiger partial charge is 0.0591 e. The lowest BCUT2D eigenvalue weighted by molar-refractivity contribution is 0.0565. The molecule has 1 nitrogen and oxygen atoms in total. The average Bonchev–Trinajstić information content (AvgIpc) is 2.02. The number of hydrogen-bond acceptors (Lipinski definition) is 1. The lowest BCUT2D eigenvalue weighted by atomic mass is 9.86. The van der Waals surface area contributed by atoms with E-state index in [1.54, 1.807) is 0 Å². The molecule has 1 atom stereocenters. The fraction of sp³-hybridized carbons (Fsp3) is 0.667. The van der Waals surface area contributed by atoms with Crippen LogP contribution in [-0.2, 0) is 0 Å². The fourth-order valence-electron chi connectivity index (χ4n) is 0.985. The second-order valence-corrected chi connectivity index (χ2v) is 4.61. The van der Waals surface area contributed by atoms with Gasteiger partial charge < -0.3 is 5.11 Å². The van der Waals surface area contributed by atoms with Crippen LogP contribution in [-0.4, -0.2) is 11.2 Å². The first-order valence-electron chi connectivity index (χ1n) is 4.85. The Kier molecular flexibility index (Phi) is 5.01. The molecule has 0 amide bonds. The minimum Gasteiger partial charge on any atom is -0.393 e. The molecule has 0 rings (SSSR count). The second kappa shape index (κ2) is 5.23. The fourth-order valence-corrected chi connectivity index (χ4v) is 0.985. The third kappa shape index (κ3) is 5.64. The highest BCUT2D eigenvalue weighted by Gasteiger charge is 2.20. The summed E-state index contributed by atoms with van der Waals surface area (Å²) in [5.74, 6) is 0. The van der Waals surface area contributed by atoms with Crippen LogP contribution in [0.4, 0.5) is 0 Å². The van der Waals surface area contributed by atoms with Gasteiger partial charge in [-0.1, -0.05) is 45.1 Å². The van der Waals surface area contributed by atoms with Gasteiger partial charge in [0.1, 0.15) is 0 Å². The van der Waals surface area contributed by atoms with Crippen LogP contribution in [0, 0.1) is 5.41 Å². The van der Waals surface area contributed by atoms with Crippen molar-refractivity contribution in [2.75, 3.05) is 0 Å². The monoisotopic (exact) mass is 182 g/mol. The first kappa shape index (κ1) is 12.4. The maximum Gasteiger partial charge on any atom is 0.0591 e. The molecule has 1 N–H and O–H groups in total. The van der Waals surface area contributed by atoms with Gasteiger partial charge in [-0.3, -0.25) is 0 Å². The molecular weight excluding hydrogens is 160 g/mol. The number of rotatable bonds is 4. The Morgan fingerprint density at radius 2 is 2.00 bits per heavy atom. The number of aliphatic hydroxyl groups is 1. The van der Waals surface area contributed by atoms with E-state index in [0.717, 1.165) is 12.8 Å². The Morgan fingerprint density at radius 1 is 1.46 bits per heavy atom. The predicted octanol–water partition coefficient (Wildman–Crippen LogP) is 3.31. The summed E-state index contributed by atoms with van der Waals surface area (Å²) in [6, 6.07) is 0. The van der Waals surface area contributed by atoms with Crippen LogP contribution in [0.2, 0.25) is 0 Å². The summed E-state index contributed by atoms with van der Waals surface area (Å²) in [5.41, 5.74) is 1.18. The van der Waals surface area contributed by atoms with Gasteiger partial charge in [-0.25, -0.2) is 0 Å². The van der Waals surface area contributed by atoms with Crippen molar-refractivity contribution < 1.29 is 5.11 Å². The van der Waals surface area contributed by atoms with Gasteiger partial charge in [-0.05, 0) is 25.2 Å². The van der Waals surface area contributed by atoms with E-state index in [1.807, 2.05) is 13.0 Å². The summed E-state index contributed by atoms with van der Waals surface area (Å²) in [5, 5.41) is 9.72. The van der Waals surface area contributed by atoms with Crippen molar-refractivity contribution in [1.82, 2.24) is 0 Å². The zero-order valence-corrected chi connectivity index (χ0v) is 9.30. The van der Waals surface area contributed by atoms with Crippen molar-refractivity contribution in [3.05, 3.63) is 24.3 Å². The van der Waals surface area contributed by atoms with Crippen molar-refractivity contribution in [3.63, 3.8) is 0 Å². The molecule has 0 radical (unpaired) electrons. The van der Waals surface area contributed by atoms with E-state index in [9.17, 15) is 5.11 Å². The van der Waals surface area contributed by atoms with Crippen LogP contribution < -0.4 is 0 Å². The molecule has 0 aromatic heterocycles. The number of aliphatic hydroxyl groups excluding tert-OH is 1. The number of allylic oxidation sites excluding steroid dienone is 3. The Labute approximate surface area is 82.2 Å². The first-order chi connectivity index (χ1) is 5.88. The van der Waals surface area contributed by atoms with Gasteiger partial charge in [0.05, 0.1) is 6.10 Å². The van der Waals surface area contributed by atoms with E-state index in [0.29, 0.717) is 0 Å². The van der Waals surface area contributed by atoms with E-state index in [1.165, 1.54) is 5.57 Å². The van der Waals surface area contributed by atoms with E-state index in [-0.39, 0.29) is 11.5 Å². The lowest BCUT2D eigenvalue weighted by Gasteiger charge is -2.25. The van der Waals surface area contributed by atoms with Crippen LogP contribution in [0.3, 0.4) is 0 Å². The number of hydrogen-bond donors (Lipinski definition) is 1. The molecule has 0 spiro atoms. The Morgan fingerprint density at radius 3 is 2.38 bits per heavy atom. The van der Waals surface area contributed by atoms with Gasteiger partial charge in [0, 0.05) is 0 Å². The van der Waals surface area contributed by atoms with E-state index in [4.69, 9.17) is 0 Å². The molecule has 0 aromatic carbocycles. The highest BCUT2D eigenvalue weighted by molar-refractivity contribution is 5.12. The highest BCUT2D eigenvalue weighted by atomic mass is 16.3. The predicted molar refractivity (Wildman–Crippen MR) is 58.6 cm³/mol. The van der Waals surface area contributed by atoms with Gasteiger partial charge in [0.2, 0.25) is 0 Å². The van der Waals surface area contributed by atoms with Crippen molar-refractivity contribution >= 4 is 0 Å². The zero-order chi connectivity index (χ0) is 10.5. The highest BCUT2D eigenvalue weighted by Crippen LogP contribution is 2.22. The van der Waals surface area contributed by atoms with Gasteiger partial charge in [-0.2, -0.15) is 0 Å². The van der Waals surface area contributed by atoms with Crippen LogP contribution in [0.15, 0.2) is 24.3 Å². The first-order valence-corrected chi connectivity index (χ1v) is 4.85. The summed E-state index contributed by atoms with van der Waals surface area (Å²) in [6.45, 7) is 11.9. The van der Waals surface area contributed by atoms with Crippen LogP contribution in [0.25, 0.3) is 0 Å². The van der Waals surface area contributed by atoms with Crippen LogP contribution in [0.1, 0.15) is 40.5 Å². The Balaban J connectivity index is 3.84. The lowest BCUT2D eigenvalue weighted by Crippen LogP contribution is -2.25. The molecule has 0 bridgehead atoms. The third-order valence-corrected chi connectivity index (χ3v) is 2.23. The summed E-state index contributed by atoms with van der Waals surface area (Å²) in [4.78, 5) is 0. The van der Waals surface area contributed by atoms with E-state index >= 15 is 0 Å². The standard InChI is InChI=1S/C12H22O/c1-6-10(2)8-7-9-11(13)12(3,4)5/h6,8,11,13H,1,7,9H2,2-5H3. The molecule has 0 heterocycles. The SMILES string of the molecule is C=CC(C)=CCCC(O)C(C)(C)C. The molecule has 13 heavy (non-hydrogen) atoms. The molecule has 0 saturated heterocycles. The van der Waals surface area contributed by atoms with Gasteiger partial charge >= 0.3 is 0 Å². The van der Waals surface area contributed by atoms with E-state index < -0.39 is 0 Å². The molecule has 0 aliphatic rings. The van der Waals surface area contributed by atoms with Gasteiger partial charge in [0.15, 0.2) is 0 Å². The average molecular weight is 182 g/mol. The normalized spacial score (nSPS) is 15.6. The molecule has 1 heteroatoms. The maximum atomic E-state index is 9.72. The summed E-state index contributed by atoms with van der Waals surface area (Å²) in [7, 11) is 0. The van der Waals surface area contributed by atoms with Crippen molar-refractivity contribution in [3.8, 4) is 0 Å². The molecule has 0 aliphatic heterocycles. The summed E-state index contributed by atoms with van der Waals surface area (Å²) >= 11 is 0. The van der Waals surface area contributed by atoms with Crippen LogP contribution in [0.5, 0.6) is 0 Å². The zero-order valence-electron chi connectivity index (χ0n) is 9.30. The molecule has 0 saturated carbocycles. The topological polar surface area (TPSA) is 20.2 Å².